The Labute approximate surface area is 124 Å². The second kappa shape index (κ2) is 8.28. The number of hydrogen-bond donors (Lipinski definition) is 1. The molecule has 0 amide bonds. The quantitative estimate of drug-likeness (QED) is 0.752. The fourth-order valence-corrected chi connectivity index (χ4v) is 2.37. The minimum absolute atomic E-state index is 0.209. The number of benzene rings is 1. The summed E-state index contributed by atoms with van der Waals surface area (Å²) in [4.78, 5) is 2.35. The summed E-state index contributed by atoms with van der Waals surface area (Å²) in [5.41, 5.74) is 7.38. The first-order valence-corrected chi connectivity index (χ1v) is 7.84. The van der Waals surface area contributed by atoms with Crippen molar-refractivity contribution in [1.82, 2.24) is 4.90 Å². The first-order valence-electron chi connectivity index (χ1n) is 7.84. The number of rotatable bonds is 9. The minimum atomic E-state index is -0.209. The third kappa shape index (κ3) is 4.50. The summed E-state index contributed by atoms with van der Waals surface area (Å²) in [5, 5.41) is 0. The first-order chi connectivity index (χ1) is 9.59. The summed E-state index contributed by atoms with van der Waals surface area (Å²) in [6, 6.07) is 8.26. The number of hydrogen-bond acceptors (Lipinski definition) is 3. The zero-order valence-corrected chi connectivity index (χ0v) is 13.5. The summed E-state index contributed by atoms with van der Waals surface area (Å²) >= 11 is 0. The highest BCUT2D eigenvalue weighted by molar-refractivity contribution is 5.31. The van der Waals surface area contributed by atoms with Crippen molar-refractivity contribution in [2.75, 3.05) is 26.2 Å². The second-order valence-corrected chi connectivity index (χ2v) is 5.26. The van der Waals surface area contributed by atoms with Gasteiger partial charge in [-0.05, 0) is 43.6 Å². The maximum atomic E-state index is 6.40. The van der Waals surface area contributed by atoms with Crippen molar-refractivity contribution < 1.29 is 4.74 Å². The zero-order valence-electron chi connectivity index (χ0n) is 13.5. The zero-order chi connectivity index (χ0) is 15.0. The fraction of sp³-hybridized carbons (Fsp3) is 0.647. The highest BCUT2D eigenvalue weighted by Crippen LogP contribution is 2.27. The Balaban J connectivity index is 2.55. The van der Waals surface area contributed by atoms with Crippen LogP contribution in [-0.4, -0.2) is 31.1 Å². The molecule has 0 aliphatic carbocycles. The van der Waals surface area contributed by atoms with Gasteiger partial charge in [0.1, 0.15) is 12.4 Å². The Morgan fingerprint density at radius 3 is 2.00 bits per heavy atom. The Hall–Kier alpha value is -1.06. The van der Waals surface area contributed by atoms with Crippen LogP contribution in [0.1, 0.15) is 46.1 Å². The molecule has 3 nitrogen and oxygen atoms in total. The summed E-state index contributed by atoms with van der Waals surface area (Å²) < 4.78 is 5.79. The number of nitrogens with zero attached hydrogens (tertiary/aromatic N) is 1. The maximum absolute atomic E-state index is 6.40. The van der Waals surface area contributed by atoms with Crippen LogP contribution >= 0.6 is 0 Å². The Morgan fingerprint density at radius 2 is 1.55 bits per heavy atom. The molecule has 0 aliphatic heterocycles. The average molecular weight is 278 g/mol. The molecule has 0 aromatic heterocycles. The van der Waals surface area contributed by atoms with E-state index in [0.717, 1.165) is 44.8 Å². The largest absolute Gasteiger partial charge is 0.492 e. The summed E-state index contributed by atoms with van der Waals surface area (Å²) in [6.07, 6.45) is 1.90. The van der Waals surface area contributed by atoms with E-state index in [4.69, 9.17) is 10.5 Å². The van der Waals surface area contributed by atoms with Crippen LogP contribution in [0.3, 0.4) is 0 Å². The topological polar surface area (TPSA) is 38.5 Å². The molecule has 0 heterocycles. The van der Waals surface area contributed by atoms with Gasteiger partial charge in [0.25, 0.3) is 0 Å². The van der Waals surface area contributed by atoms with Crippen LogP contribution in [0.2, 0.25) is 0 Å². The van der Waals surface area contributed by atoms with E-state index in [1.54, 1.807) is 0 Å². The van der Waals surface area contributed by atoms with E-state index in [9.17, 15) is 0 Å². The predicted molar refractivity (Wildman–Crippen MR) is 86.2 cm³/mol. The Morgan fingerprint density at radius 1 is 1.00 bits per heavy atom. The van der Waals surface area contributed by atoms with Crippen molar-refractivity contribution >= 4 is 0 Å². The molecule has 0 saturated carbocycles. The molecule has 1 aromatic carbocycles. The third-order valence-electron chi connectivity index (χ3n) is 4.26. The van der Waals surface area contributed by atoms with Gasteiger partial charge in [-0.25, -0.2) is 0 Å². The third-order valence-corrected chi connectivity index (χ3v) is 4.26. The normalized spacial score (nSPS) is 11.9. The molecular formula is C17H30N2O. The van der Waals surface area contributed by atoms with Crippen molar-refractivity contribution in [3.8, 4) is 5.75 Å². The van der Waals surface area contributed by atoms with Crippen LogP contribution in [0.5, 0.6) is 5.75 Å². The van der Waals surface area contributed by atoms with E-state index < -0.39 is 0 Å². The molecule has 114 valence electrons. The second-order valence-electron chi connectivity index (χ2n) is 5.26. The lowest BCUT2D eigenvalue weighted by molar-refractivity contribution is 0.222. The van der Waals surface area contributed by atoms with Gasteiger partial charge >= 0.3 is 0 Å². The molecular weight excluding hydrogens is 248 g/mol. The van der Waals surface area contributed by atoms with Crippen molar-refractivity contribution in [2.45, 2.75) is 46.1 Å². The van der Waals surface area contributed by atoms with E-state index in [1.165, 1.54) is 5.56 Å². The first kappa shape index (κ1) is 17.0. The van der Waals surface area contributed by atoms with Crippen molar-refractivity contribution in [3.63, 3.8) is 0 Å². The average Bonchev–Trinajstić information content (AvgIpc) is 2.51. The van der Waals surface area contributed by atoms with Gasteiger partial charge in [-0.15, -0.1) is 0 Å². The van der Waals surface area contributed by atoms with Gasteiger partial charge in [0.2, 0.25) is 0 Å². The molecule has 0 radical (unpaired) electrons. The predicted octanol–water partition coefficient (Wildman–Crippen LogP) is 3.38. The highest BCUT2D eigenvalue weighted by Gasteiger charge is 2.22. The van der Waals surface area contributed by atoms with Gasteiger partial charge in [-0.2, -0.15) is 0 Å². The van der Waals surface area contributed by atoms with Gasteiger partial charge in [0.05, 0.1) is 0 Å². The van der Waals surface area contributed by atoms with Crippen LogP contribution in [0, 0.1) is 0 Å². The van der Waals surface area contributed by atoms with Crippen LogP contribution in [-0.2, 0) is 5.54 Å². The summed E-state index contributed by atoms with van der Waals surface area (Å²) in [5.74, 6) is 0.926. The lowest BCUT2D eigenvalue weighted by Gasteiger charge is -2.27. The molecule has 0 spiro atoms. The van der Waals surface area contributed by atoms with E-state index in [-0.39, 0.29) is 5.54 Å². The van der Waals surface area contributed by atoms with E-state index in [0.29, 0.717) is 0 Å². The fourth-order valence-electron chi connectivity index (χ4n) is 2.37. The van der Waals surface area contributed by atoms with Crippen LogP contribution in [0.15, 0.2) is 24.3 Å². The number of nitrogens with two attached hydrogens (primary N) is 1. The molecule has 0 aliphatic rings. The van der Waals surface area contributed by atoms with Crippen LogP contribution in [0.4, 0.5) is 0 Å². The molecule has 0 atom stereocenters. The molecule has 0 unspecified atom stereocenters. The Kier molecular flexibility index (Phi) is 7.03. The van der Waals surface area contributed by atoms with Gasteiger partial charge in [-0.1, -0.05) is 39.8 Å². The lowest BCUT2D eigenvalue weighted by Crippen LogP contribution is -2.34. The highest BCUT2D eigenvalue weighted by atomic mass is 16.5. The van der Waals surface area contributed by atoms with Gasteiger partial charge in [0, 0.05) is 12.1 Å². The van der Waals surface area contributed by atoms with E-state index in [1.807, 2.05) is 12.1 Å². The van der Waals surface area contributed by atoms with Crippen molar-refractivity contribution in [2.24, 2.45) is 5.73 Å². The van der Waals surface area contributed by atoms with Crippen LogP contribution < -0.4 is 10.5 Å². The monoisotopic (exact) mass is 278 g/mol. The van der Waals surface area contributed by atoms with Gasteiger partial charge in [-0.3, -0.25) is 0 Å². The smallest absolute Gasteiger partial charge is 0.119 e. The van der Waals surface area contributed by atoms with Crippen LogP contribution in [0.25, 0.3) is 0 Å². The summed E-state index contributed by atoms with van der Waals surface area (Å²) in [6.45, 7) is 12.5. The van der Waals surface area contributed by atoms with E-state index in [2.05, 4.69) is 44.7 Å². The van der Waals surface area contributed by atoms with Gasteiger partial charge < -0.3 is 15.4 Å². The SMILES string of the molecule is CCN(CC)CCOc1ccc(C(N)(CC)CC)cc1. The molecule has 0 bridgehead atoms. The maximum Gasteiger partial charge on any atom is 0.119 e. The van der Waals surface area contributed by atoms with Crippen molar-refractivity contribution in [3.05, 3.63) is 29.8 Å². The molecule has 0 fully saturated rings. The van der Waals surface area contributed by atoms with E-state index >= 15 is 0 Å². The lowest BCUT2D eigenvalue weighted by atomic mass is 9.86. The molecule has 3 heteroatoms. The minimum Gasteiger partial charge on any atom is -0.492 e. The molecule has 1 aromatic rings. The molecule has 1 rings (SSSR count). The molecule has 2 N–H and O–H groups in total. The molecule has 20 heavy (non-hydrogen) atoms. The number of likely N-dealkylation sites (N-methyl/N-ethyl adjacent to an activating group) is 1. The Bertz CT molecular complexity index is 367. The van der Waals surface area contributed by atoms with Gasteiger partial charge in [0.15, 0.2) is 0 Å². The van der Waals surface area contributed by atoms with Crippen molar-refractivity contribution in [1.29, 1.82) is 0 Å². The molecule has 0 saturated heterocycles. The standard InChI is InChI=1S/C17H30N2O/c1-5-17(18,6-2)15-9-11-16(12-10-15)20-14-13-19(7-3)8-4/h9-12H,5-8,13-14,18H2,1-4H3. The summed E-state index contributed by atoms with van der Waals surface area (Å²) in [7, 11) is 0. The number of ether oxygens (including phenoxy) is 1.